The van der Waals surface area contributed by atoms with E-state index in [9.17, 15) is 19.7 Å². The number of aryl methyl sites for hydroxylation is 1. The molecule has 0 bridgehead atoms. The van der Waals surface area contributed by atoms with Crippen molar-refractivity contribution in [1.82, 2.24) is 4.98 Å². The molecule has 0 aliphatic carbocycles. The molecule has 7 nitrogen and oxygen atoms in total. The van der Waals surface area contributed by atoms with Crippen LogP contribution in [-0.2, 0) is 4.74 Å². The van der Waals surface area contributed by atoms with E-state index in [1.54, 1.807) is 42.5 Å². The first-order valence-electron chi connectivity index (χ1n) is 10.0. The summed E-state index contributed by atoms with van der Waals surface area (Å²) >= 11 is 11.8. The van der Waals surface area contributed by atoms with Crippen LogP contribution in [0.1, 0.15) is 26.3 Å². The number of hydrogen-bond acceptors (Lipinski definition) is 6. The van der Waals surface area contributed by atoms with Gasteiger partial charge in [-0.25, -0.2) is 9.78 Å². The van der Waals surface area contributed by atoms with Gasteiger partial charge in [0.25, 0.3) is 5.69 Å². The highest BCUT2D eigenvalue weighted by atomic mass is 35.5. The van der Waals surface area contributed by atoms with Gasteiger partial charge in [0.2, 0.25) is 5.78 Å². The molecule has 0 aliphatic heterocycles. The molecule has 4 rings (SSSR count). The van der Waals surface area contributed by atoms with Crippen molar-refractivity contribution < 1.29 is 19.2 Å². The molecule has 0 N–H and O–H groups in total. The van der Waals surface area contributed by atoms with Crippen LogP contribution in [0.5, 0.6) is 0 Å². The van der Waals surface area contributed by atoms with E-state index in [0.717, 1.165) is 17.2 Å². The molecule has 0 fully saturated rings. The molecule has 170 valence electrons. The van der Waals surface area contributed by atoms with Crippen LogP contribution in [0.3, 0.4) is 0 Å². The van der Waals surface area contributed by atoms with E-state index in [2.05, 4.69) is 0 Å². The molecule has 9 heteroatoms. The molecule has 0 radical (unpaired) electrons. The normalized spacial score (nSPS) is 10.8. The Morgan fingerprint density at radius 2 is 1.76 bits per heavy atom. The topological polar surface area (TPSA) is 99.4 Å². The van der Waals surface area contributed by atoms with E-state index in [1.807, 2.05) is 13.0 Å². The van der Waals surface area contributed by atoms with Gasteiger partial charge in [0.05, 0.1) is 21.7 Å². The van der Waals surface area contributed by atoms with E-state index < -0.39 is 29.0 Å². The Hall–Kier alpha value is -3.81. The number of rotatable bonds is 6. The van der Waals surface area contributed by atoms with Crippen LogP contribution in [0.15, 0.2) is 66.7 Å². The lowest BCUT2D eigenvalue weighted by molar-refractivity contribution is -0.384. The third kappa shape index (κ3) is 4.76. The number of fused-ring (bicyclic) bond motifs is 1. The first-order chi connectivity index (χ1) is 16.2. The second-order valence-corrected chi connectivity index (χ2v) is 8.30. The largest absolute Gasteiger partial charge is 0.454 e. The standard InChI is InChI=1S/C25H16Cl2N2O5/c1-14-3-2-4-18-19(12-21(28-24(14)18)15-5-8-17(26)9-6-15)25(31)34-13-23(30)16-7-10-20(27)22(11-16)29(32)33/h2-12H,13H2,1H3. The van der Waals surface area contributed by atoms with Gasteiger partial charge in [-0.1, -0.05) is 53.5 Å². The molecule has 0 amide bonds. The Kier molecular flexibility index (Phi) is 6.58. The molecule has 4 aromatic rings. The molecule has 1 aromatic heterocycles. The van der Waals surface area contributed by atoms with E-state index in [0.29, 0.717) is 21.6 Å². The molecular formula is C25H16Cl2N2O5. The highest BCUT2D eigenvalue weighted by molar-refractivity contribution is 6.32. The first kappa shape index (κ1) is 23.4. The van der Waals surface area contributed by atoms with Gasteiger partial charge in [-0.15, -0.1) is 0 Å². The van der Waals surface area contributed by atoms with Gasteiger partial charge in [-0.2, -0.15) is 0 Å². The van der Waals surface area contributed by atoms with Gasteiger partial charge in [0, 0.05) is 27.6 Å². The third-order valence-electron chi connectivity index (χ3n) is 5.20. The molecule has 0 atom stereocenters. The minimum Gasteiger partial charge on any atom is -0.454 e. The number of pyridine rings is 1. The van der Waals surface area contributed by atoms with Crippen LogP contribution < -0.4 is 0 Å². The zero-order valence-electron chi connectivity index (χ0n) is 17.7. The summed E-state index contributed by atoms with van der Waals surface area (Å²) in [5, 5.41) is 12.1. The highest BCUT2D eigenvalue weighted by Crippen LogP contribution is 2.29. The maximum atomic E-state index is 13.0. The summed E-state index contributed by atoms with van der Waals surface area (Å²) in [5.41, 5.74) is 2.66. The number of halogens is 2. The Labute approximate surface area is 204 Å². The van der Waals surface area contributed by atoms with E-state index in [1.165, 1.54) is 12.1 Å². The molecule has 34 heavy (non-hydrogen) atoms. The van der Waals surface area contributed by atoms with Crippen LogP contribution in [0.25, 0.3) is 22.2 Å². The molecule has 1 heterocycles. The average molecular weight is 495 g/mol. The Morgan fingerprint density at radius 1 is 1.03 bits per heavy atom. The fraction of sp³-hybridized carbons (Fsp3) is 0.0800. The molecule has 0 aliphatic rings. The third-order valence-corrected chi connectivity index (χ3v) is 5.77. The van der Waals surface area contributed by atoms with Gasteiger partial charge in [0.1, 0.15) is 5.02 Å². The number of aromatic nitrogens is 1. The summed E-state index contributed by atoms with van der Waals surface area (Å²) in [4.78, 5) is 40.7. The number of para-hydroxylation sites is 1. The second kappa shape index (κ2) is 9.59. The van der Waals surface area contributed by atoms with Crippen molar-refractivity contribution in [3.8, 4) is 11.3 Å². The molecule has 0 unspecified atom stereocenters. The smallest absolute Gasteiger partial charge is 0.339 e. The van der Waals surface area contributed by atoms with Gasteiger partial charge in [0.15, 0.2) is 6.61 Å². The number of ketones is 1. The molecule has 0 saturated heterocycles. The van der Waals surface area contributed by atoms with Gasteiger partial charge in [-0.05, 0) is 42.8 Å². The summed E-state index contributed by atoms with van der Waals surface area (Å²) < 4.78 is 5.29. The highest BCUT2D eigenvalue weighted by Gasteiger charge is 2.20. The van der Waals surface area contributed by atoms with Crippen LogP contribution in [0, 0.1) is 17.0 Å². The lowest BCUT2D eigenvalue weighted by Gasteiger charge is -2.11. The van der Waals surface area contributed by atoms with Crippen LogP contribution >= 0.6 is 23.2 Å². The molecule has 0 saturated carbocycles. The maximum absolute atomic E-state index is 13.0. The van der Waals surface area contributed by atoms with Crippen LogP contribution in [-0.4, -0.2) is 28.3 Å². The number of esters is 1. The van der Waals surface area contributed by atoms with Crippen molar-refractivity contribution >= 4 is 51.5 Å². The number of carbonyl (C=O) groups is 2. The van der Waals surface area contributed by atoms with Crippen molar-refractivity contribution in [2.75, 3.05) is 6.61 Å². The minimum atomic E-state index is -0.718. The molecular weight excluding hydrogens is 479 g/mol. The zero-order valence-corrected chi connectivity index (χ0v) is 19.3. The van der Waals surface area contributed by atoms with Gasteiger partial charge < -0.3 is 4.74 Å². The van der Waals surface area contributed by atoms with Crippen molar-refractivity contribution in [2.24, 2.45) is 0 Å². The summed E-state index contributed by atoms with van der Waals surface area (Å²) in [5.74, 6) is -1.31. The van der Waals surface area contributed by atoms with E-state index >= 15 is 0 Å². The van der Waals surface area contributed by atoms with Gasteiger partial charge >= 0.3 is 5.97 Å². The summed E-state index contributed by atoms with van der Waals surface area (Å²) in [6, 6.07) is 17.7. The van der Waals surface area contributed by atoms with Crippen molar-refractivity contribution in [1.29, 1.82) is 0 Å². The maximum Gasteiger partial charge on any atom is 0.339 e. The number of Topliss-reactive ketones (excluding diaryl/α,β-unsaturated/α-hetero) is 1. The summed E-state index contributed by atoms with van der Waals surface area (Å²) in [7, 11) is 0. The Morgan fingerprint density at radius 3 is 2.47 bits per heavy atom. The fourth-order valence-corrected chi connectivity index (χ4v) is 3.76. The number of nitro benzene ring substituents is 1. The second-order valence-electron chi connectivity index (χ2n) is 7.46. The quantitative estimate of drug-likeness (QED) is 0.132. The lowest BCUT2D eigenvalue weighted by Crippen LogP contribution is -2.15. The number of hydrogen-bond donors (Lipinski definition) is 0. The molecule has 3 aromatic carbocycles. The van der Waals surface area contributed by atoms with E-state index in [-0.39, 0.29) is 16.1 Å². The first-order valence-corrected chi connectivity index (χ1v) is 10.8. The predicted molar refractivity (Wildman–Crippen MR) is 130 cm³/mol. The summed E-state index contributed by atoms with van der Waals surface area (Å²) in [6.07, 6.45) is 0. The summed E-state index contributed by atoms with van der Waals surface area (Å²) in [6.45, 7) is 1.29. The van der Waals surface area contributed by atoms with E-state index in [4.69, 9.17) is 32.9 Å². The monoisotopic (exact) mass is 494 g/mol. The lowest BCUT2D eigenvalue weighted by atomic mass is 10.0. The van der Waals surface area contributed by atoms with Crippen molar-refractivity contribution in [2.45, 2.75) is 6.92 Å². The fourth-order valence-electron chi connectivity index (χ4n) is 3.45. The Balaban J connectivity index is 1.65. The number of nitro groups is 1. The number of benzene rings is 3. The van der Waals surface area contributed by atoms with Crippen LogP contribution in [0.2, 0.25) is 10.0 Å². The van der Waals surface area contributed by atoms with Crippen molar-refractivity contribution in [3.05, 3.63) is 104 Å². The van der Waals surface area contributed by atoms with Crippen LogP contribution in [0.4, 0.5) is 5.69 Å². The SMILES string of the molecule is Cc1cccc2c(C(=O)OCC(=O)c3ccc(Cl)c([N+](=O)[O-])c3)cc(-c3ccc(Cl)cc3)nc12. The Bertz CT molecular complexity index is 1450. The number of ether oxygens (including phenoxy) is 1. The minimum absolute atomic E-state index is 0.0150. The zero-order chi connectivity index (χ0) is 24.4. The number of carbonyl (C=O) groups excluding carboxylic acids is 2. The molecule has 0 spiro atoms. The van der Waals surface area contributed by atoms with Gasteiger partial charge in [-0.3, -0.25) is 14.9 Å². The average Bonchev–Trinajstić information content (AvgIpc) is 2.82. The number of nitrogens with zero attached hydrogens (tertiary/aromatic N) is 2. The van der Waals surface area contributed by atoms with Crippen molar-refractivity contribution in [3.63, 3.8) is 0 Å². The predicted octanol–water partition coefficient (Wildman–Crippen LogP) is 6.46.